The number of guanidine groups is 1. The first-order valence-corrected chi connectivity index (χ1v) is 9.96. The number of anilines is 1. The third-order valence-corrected chi connectivity index (χ3v) is 4.75. The lowest BCUT2D eigenvalue weighted by molar-refractivity contribution is 0.128. The van der Waals surface area contributed by atoms with E-state index in [4.69, 9.17) is 9.73 Å². The molecule has 6 heteroatoms. The van der Waals surface area contributed by atoms with Gasteiger partial charge in [-0.05, 0) is 24.6 Å². The summed E-state index contributed by atoms with van der Waals surface area (Å²) in [5.74, 6) is 1.27. The van der Waals surface area contributed by atoms with Crippen LogP contribution in [-0.2, 0) is 11.3 Å². The fourth-order valence-electron chi connectivity index (χ4n) is 3.30. The van der Waals surface area contributed by atoms with Gasteiger partial charge in [0.1, 0.15) is 5.75 Å². The maximum absolute atomic E-state index is 10.1. The first kappa shape index (κ1) is 20.0. The number of hydrogen-bond donors (Lipinski definition) is 2. The van der Waals surface area contributed by atoms with Crippen LogP contribution >= 0.6 is 0 Å². The minimum Gasteiger partial charge on any atom is -0.506 e. The number of rotatable bonds is 7. The zero-order chi connectivity index (χ0) is 19.6. The Labute approximate surface area is 167 Å². The number of hydrogen-bond acceptors (Lipinski definition) is 4. The normalized spacial score (nSPS) is 15.0. The lowest BCUT2D eigenvalue weighted by atomic mass is 10.2. The summed E-state index contributed by atoms with van der Waals surface area (Å²) in [6.45, 7) is 8.21. The van der Waals surface area contributed by atoms with E-state index in [0.717, 1.165) is 44.4 Å². The van der Waals surface area contributed by atoms with Crippen molar-refractivity contribution in [3.05, 3.63) is 60.2 Å². The number of phenols is 1. The number of aliphatic imine (C=N–C) groups is 1. The van der Waals surface area contributed by atoms with Crippen molar-refractivity contribution in [2.24, 2.45) is 4.99 Å². The largest absolute Gasteiger partial charge is 0.506 e. The highest BCUT2D eigenvalue weighted by Gasteiger charge is 2.21. The summed E-state index contributed by atoms with van der Waals surface area (Å²) >= 11 is 0. The van der Waals surface area contributed by atoms with Crippen LogP contribution in [0.5, 0.6) is 5.75 Å². The van der Waals surface area contributed by atoms with Crippen LogP contribution in [-0.4, -0.2) is 61.8 Å². The highest BCUT2D eigenvalue weighted by molar-refractivity contribution is 5.80. The molecule has 1 aliphatic heterocycles. The minimum absolute atomic E-state index is 0.340. The van der Waals surface area contributed by atoms with E-state index in [1.54, 1.807) is 6.07 Å². The fourth-order valence-corrected chi connectivity index (χ4v) is 3.30. The van der Waals surface area contributed by atoms with Crippen LogP contribution in [0.4, 0.5) is 5.69 Å². The molecule has 1 fully saturated rings. The first-order valence-electron chi connectivity index (χ1n) is 9.96. The number of nitrogens with one attached hydrogen (secondary N) is 1. The highest BCUT2D eigenvalue weighted by Crippen LogP contribution is 2.27. The van der Waals surface area contributed by atoms with Gasteiger partial charge in [-0.3, -0.25) is 4.99 Å². The highest BCUT2D eigenvalue weighted by atomic mass is 16.5. The van der Waals surface area contributed by atoms with Crippen LogP contribution in [0.3, 0.4) is 0 Å². The van der Waals surface area contributed by atoms with Gasteiger partial charge in [0.2, 0.25) is 0 Å². The smallest absolute Gasteiger partial charge is 0.194 e. The summed E-state index contributed by atoms with van der Waals surface area (Å²) in [5, 5.41) is 13.4. The summed E-state index contributed by atoms with van der Waals surface area (Å²) in [6, 6.07) is 17.7. The average molecular weight is 383 g/mol. The van der Waals surface area contributed by atoms with E-state index in [1.807, 2.05) is 36.4 Å². The number of benzene rings is 2. The van der Waals surface area contributed by atoms with E-state index < -0.39 is 0 Å². The zero-order valence-electron chi connectivity index (χ0n) is 16.6. The lowest BCUT2D eigenvalue weighted by Gasteiger charge is -2.37. The molecule has 0 amide bonds. The number of phenolic OH excluding ortho intramolecular Hbond substituents is 1. The molecule has 0 aromatic heterocycles. The number of aromatic hydroxyl groups is 1. The molecule has 0 atom stereocenters. The summed E-state index contributed by atoms with van der Waals surface area (Å²) in [6.07, 6.45) is 0. The van der Waals surface area contributed by atoms with Crippen LogP contribution in [0.2, 0.25) is 0 Å². The SMILES string of the molecule is CCNC(=NCCOCc1ccccc1)N1CCN(c2ccccc2O)CC1. The van der Waals surface area contributed by atoms with E-state index in [2.05, 4.69) is 34.2 Å². The van der Waals surface area contributed by atoms with Gasteiger partial charge in [0.05, 0.1) is 25.4 Å². The fraction of sp³-hybridized carbons (Fsp3) is 0.409. The van der Waals surface area contributed by atoms with Crippen molar-refractivity contribution in [2.45, 2.75) is 13.5 Å². The summed E-state index contributed by atoms with van der Waals surface area (Å²) in [4.78, 5) is 9.22. The Bertz CT molecular complexity index is 743. The monoisotopic (exact) mass is 382 g/mol. The van der Waals surface area contributed by atoms with Gasteiger partial charge < -0.3 is 25.0 Å². The number of ether oxygens (including phenoxy) is 1. The van der Waals surface area contributed by atoms with Crippen LogP contribution in [0, 0.1) is 0 Å². The topological polar surface area (TPSA) is 60.3 Å². The second-order valence-electron chi connectivity index (χ2n) is 6.74. The number of nitrogens with zero attached hydrogens (tertiary/aromatic N) is 3. The molecule has 1 saturated heterocycles. The molecule has 3 rings (SSSR count). The predicted octanol–water partition coefficient (Wildman–Crippen LogP) is 2.70. The Morgan fingerprint density at radius 1 is 1.04 bits per heavy atom. The molecule has 0 bridgehead atoms. The van der Waals surface area contributed by atoms with Crippen molar-refractivity contribution in [2.75, 3.05) is 50.8 Å². The van der Waals surface area contributed by atoms with Crippen molar-refractivity contribution in [3.8, 4) is 5.75 Å². The predicted molar refractivity (Wildman–Crippen MR) is 114 cm³/mol. The Kier molecular flexibility index (Phi) is 7.55. The second-order valence-corrected chi connectivity index (χ2v) is 6.74. The standard InChI is InChI=1S/C22H30N4O2/c1-2-23-22(24-12-17-28-18-19-8-4-3-5-9-19)26-15-13-25(14-16-26)20-10-6-7-11-21(20)27/h3-11,27H,2,12-18H2,1H3,(H,23,24). The van der Waals surface area contributed by atoms with Crippen LogP contribution < -0.4 is 10.2 Å². The van der Waals surface area contributed by atoms with E-state index in [0.29, 0.717) is 25.5 Å². The molecule has 150 valence electrons. The Balaban J connectivity index is 1.47. The van der Waals surface area contributed by atoms with Crippen LogP contribution in [0.25, 0.3) is 0 Å². The number of para-hydroxylation sites is 2. The Morgan fingerprint density at radius 3 is 2.46 bits per heavy atom. The molecule has 0 saturated carbocycles. The van der Waals surface area contributed by atoms with Gasteiger partial charge in [-0.1, -0.05) is 42.5 Å². The lowest BCUT2D eigenvalue weighted by Crippen LogP contribution is -2.52. The second kappa shape index (κ2) is 10.6. The van der Waals surface area contributed by atoms with E-state index >= 15 is 0 Å². The number of piperazine rings is 1. The molecule has 28 heavy (non-hydrogen) atoms. The molecule has 1 heterocycles. The van der Waals surface area contributed by atoms with Crippen LogP contribution in [0.15, 0.2) is 59.6 Å². The molecule has 2 aromatic rings. The van der Waals surface area contributed by atoms with Crippen molar-refractivity contribution < 1.29 is 9.84 Å². The molecule has 2 aromatic carbocycles. The molecular weight excluding hydrogens is 352 g/mol. The molecule has 0 unspecified atom stereocenters. The average Bonchev–Trinajstić information content (AvgIpc) is 2.74. The van der Waals surface area contributed by atoms with Crippen molar-refractivity contribution in [1.82, 2.24) is 10.2 Å². The molecule has 2 N–H and O–H groups in total. The Morgan fingerprint density at radius 2 is 1.75 bits per heavy atom. The third kappa shape index (κ3) is 5.63. The van der Waals surface area contributed by atoms with Gasteiger partial charge in [0.25, 0.3) is 0 Å². The molecule has 0 radical (unpaired) electrons. The summed E-state index contributed by atoms with van der Waals surface area (Å²) in [5.41, 5.74) is 2.08. The van der Waals surface area contributed by atoms with Crippen molar-refractivity contribution >= 4 is 11.6 Å². The zero-order valence-corrected chi connectivity index (χ0v) is 16.6. The van der Waals surface area contributed by atoms with Gasteiger partial charge in [0.15, 0.2) is 5.96 Å². The maximum atomic E-state index is 10.1. The van der Waals surface area contributed by atoms with Crippen molar-refractivity contribution in [1.29, 1.82) is 0 Å². The molecule has 1 aliphatic rings. The quantitative estimate of drug-likeness (QED) is 0.438. The first-order chi connectivity index (χ1) is 13.8. The maximum Gasteiger partial charge on any atom is 0.194 e. The van der Waals surface area contributed by atoms with Crippen molar-refractivity contribution in [3.63, 3.8) is 0 Å². The van der Waals surface area contributed by atoms with Gasteiger partial charge in [-0.25, -0.2) is 0 Å². The third-order valence-electron chi connectivity index (χ3n) is 4.75. The molecule has 0 spiro atoms. The Hall–Kier alpha value is -2.73. The molecule has 6 nitrogen and oxygen atoms in total. The van der Waals surface area contributed by atoms with Gasteiger partial charge in [-0.15, -0.1) is 0 Å². The summed E-state index contributed by atoms with van der Waals surface area (Å²) in [7, 11) is 0. The minimum atomic E-state index is 0.340. The van der Waals surface area contributed by atoms with Gasteiger partial charge in [0, 0.05) is 32.7 Å². The molecular formula is C22H30N4O2. The van der Waals surface area contributed by atoms with E-state index in [1.165, 1.54) is 5.56 Å². The van der Waals surface area contributed by atoms with Gasteiger partial charge >= 0.3 is 0 Å². The molecule has 0 aliphatic carbocycles. The van der Waals surface area contributed by atoms with Crippen LogP contribution in [0.1, 0.15) is 12.5 Å². The van der Waals surface area contributed by atoms with E-state index in [-0.39, 0.29) is 0 Å². The van der Waals surface area contributed by atoms with Gasteiger partial charge in [-0.2, -0.15) is 0 Å². The summed E-state index contributed by atoms with van der Waals surface area (Å²) < 4.78 is 5.73. The van der Waals surface area contributed by atoms with E-state index in [9.17, 15) is 5.11 Å².